The molecule has 27 heavy (non-hydrogen) atoms. The zero-order valence-electron chi connectivity index (χ0n) is 15.8. The van der Waals surface area contributed by atoms with Gasteiger partial charge in [-0.15, -0.1) is 0 Å². The minimum atomic E-state index is -0.390. The van der Waals surface area contributed by atoms with Crippen LogP contribution in [0.2, 0.25) is 0 Å². The summed E-state index contributed by atoms with van der Waals surface area (Å²) >= 11 is 0. The molecule has 0 aliphatic carbocycles. The van der Waals surface area contributed by atoms with Crippen LogP contribution in [0, 0.1) is 0 Å². The first kappa shape index (κ1) is 20.3. The molecule has 1 aromatic carbocycles. The number of furan rings is 1. The Hall–Kier alpha value is -3.06. The lowest BCUT2D eigenvalue weighted by Crippen LogP contribution is -2.36. The maximum Gasteiger partial charge on any atom is 0.267 e. The SMILES string of the molecule is COc1ccc(C(=O)N/C(=C/c2ccco2)C(=O)NCCCN(C)C)cc1. The van der Waals surface area contributed by atoms with Crippen molar-refractivity contribution in [2.45, 2.75) is 6.42 Å². The van der Waals surface area contributed by atoms with Crippen LogP contribution in [0.15, 0.2) is 52.8 Å². The normalized spacial score (nSPS) is 11.3. The van der Waals surface area contributed by atoms with Gasteiger partial charge >= 0.3 is 0 Å². The first-order valence-corrected chi connectivity index (χ1v) is 8.63. The van der Waals surface area contributed by atoms with E-state index in [2.05, 4.69) is 10.6 Å². The summed E-state index contributed by atoms with van der Waals surface area (Å²) in [6.45, 7) is 1.36. The highest BCUT2D eigenvalue weighted by Crippen LogP contribution is 2.12. The molecule has 7 heteroatoms. The zero-order valence-corrected chi connectivity index (χ0v) is 15.8. The molecule has 1 heterocycles. The summed E-state index contributed by atoms with van der Waals surface area (Å²) in [6.07, 6.45) is 3.81. The number of methoxy groups -OCH3 is 1. The summed E-state index contributed by atoms with van der Waals surface area (Å²) in [5.41, 5.74) is 0.539. The van der Waals surface area contributed by atoms with Gasteiger partial charge in [-0.05, 0) is 63.5 Å². The van der Waals surface area contributed by atoms with Gasteiger partial charge in [-0.25, -0.2) is 0 Å². The van der Waals surface area contributed by atoms with Gasteiger partial charge in [0.2, 0.25) is 0 Å². The van der Waals surface area contributed by atoms with Crippen molar-refractivity contribution in [2.75, 3.05) is 34.3 Å². The molecule has 0 atom stereocenters. The summed E-state index contributed by atoms with van der Waals surface area (Å²) in [7, 11) is 5.50. The second-order valence-corrected chi connectivity index (χ2v) is 6.17. The standard InChI is InChI=1S/C20H25N3O4/c1-23(2)12-5-11-21-20(25)18(14-17-6-4-13-27-17)22-19(24)15-7-9-16(26-3)10-8-15/h4,6-10,13-14H,5,11-12H2,1-3H3,(H,21,25)(H,22,24)/b18-14+. The second kappa shape index (κ2) is 10.2. The lowest BCUT2D eigenvalue weighted by atomic mass is 10.2. The number of benzene rings is 1. The van der Waals surface area contributed by atoms with Gasteiger partial charge in [0.1, 0.15) is 17.2 Å². The fraction of sp³-hybridized carbons (Fsp3) is 0.300. The number of rotatable bonds is 9. The van der Waals surface area contributed by atoms with E-state index in [1.807, 2.05) is 19.0 Å². The van der Waals surface area contributed by atoms with Crippen molar-refractivity contribution in [2.24, 2.45) is 0 Å². The molecule has 2 aromatic rings. The topological polar surface area (TPSA) is 83.8 Å². The molecule has 2 amide bonds. The molecule has 2 N–H and O–H groups in total. The third-order valence-electron chi connectivity index (χ3n) is 3.74. The number of carbonyl (C=O) groups is 2. The van der Waals surface area contributed by atoms with Crippen molar-refractivity contribution in [3.8, 4) is 5.75 Å². The molecular weight excluding hydrogens is 346 g/mol. The predicted molar refractivity (Wildman–Crippen MR) is 103 cm³/mol. The van der Waals surface area contributed by atoms with E-state index in [0.29, 0.717) is 23.6 Å². The van der Waals surface area contributed by atoms with Gasteiger partial charge in [0.05, 0.1) is 13.4 Å². The smallest absolute Gasteiger partial charge is 0.267 e. The first-order valence-electron chi connectivity index (χ1n) is 8.63. The van der Waals surface area contributed by atoms with Crippen molar-refractivity contribution in [3.05, 3.63) is 59.7 Å². The van der Waals surface area contributed by atoms with E-state index in [0.717, 1.165) is 13.0 Å². The third kappa shape index (κ3) is 6.63. The number of ether oxygens (including phenoxy) is 1. The molecule has 0 bridgehead atoms. The molecule has 7 nitrogen and oxygen atoms in total. The van der Waals surface area contributed by atoms with E-state index in [-0.39, 0.29) is 17.5 Å². The fourth-order valence-corrected chi connectivity index (χ4v) is 2.30. The van der Waals surface area contributed by atoms with Crippen LogP contribution >= 0.6 is 0 Å². The van der Waals surface area contributed by atoms with E-state index in [4.69, 9.17) is 9.15 Å². The quantitative estimate of drug-likeness (QED) is 0.521. The van der Waals surface area contributed by atoms with Crippen LogP contribution in [0.4, 0.5) is 0 Å². The Bertz CT molecular complexity index is 765. The van der Waals surface area contributed by atoms with Gasteiger partial charge in [0, 0.05) is 18.2 Å². The second-order valence-electron chi connectivity index (χ2n) is 6.17. The first-order chi connectivity index (χ1) is 13.0. The van der Waals surface area contributed by atoms with Gasteiger partial charge < -0.3 is 24.7 Å². The van der Waals surface area contributed by atoms with Crippen molar-refractivity contribution in [3.63, 3.8) is 0 Å². The average molecular weight is 371 g/mol. The van der Waals surface area contributed by atoms with Gasteiger partial charge in [-0.2, -0.15) is 0 Å². The molecule has 0 aliphatic rings. The number of carbonyl (C=O) groups excluding carboxylic acids is 2. The fourth-order valence-electron chi connectivity index (χ4n) is 2.30. The van der Waals surface area contributed by atoms with Gasteiger partial charge in [0.15, 0.2) is 0 Å². The Morgan fingerprint density at radius 2 is 1.93 bits per heavy atom. The molecule has 0 saturated carbocycles. The van der Waals surface area contributed by atoms with E-state index >= 15 is 0 Å². The molecular formula is C20H25N3O4. The predicted octanol–water partition coefficient (Wildman–Crippen LogP) is 2.13. The van der Waals surface area contributed by atoms with E-state index in [9.17, 15) is 9.59 Å². The third-order valence-corrected chi connectivity index (χ3v) is 3.74. The zero-order chi connectivity index (χ0) is 19.6. The van der Waals surface area contributed by atoms with Crippen molar-refractivity contribution < 1.29 is 18.7 Å². The number of nitrogens with one attached hydrogen (secondary N) is 2. The van der Waals surface area contributed by atoms with Gasteiger partial charge in [-0.3, -0.25) is 9.59 Å². The number of hydrogen-bond donors (Lipinski definition) is 2. The van der Waals surface area contributed by atoms with Crippen LogP contribution < -0.4 is 15.4 Å². The Balaban J connectivity index is 2.07. The number of hydrogen-bond acceptors (Lipinski definition) is 5. The highest BCUT2D eigenvalue weighted by Gasteiger charge is 2.15. The van der Waals surface area contributed by atoms with Crippen LogP contribution in [0.5, 0.6) is 5.75 Å². The van der Waals surface area contributed by atoms with Crippen molar-refractivity contribution in [1.29, 1.82) is 0 Å². The summed E-state index contributed by atoms with van der Waals surface area (Å²) in [6, 6.07) is 10.1. The van der Waals surface area contributed by atoms with Crippen molar-refractivity contribution >= 4 is 17.9 Å². The lowest BCUT2D eigenvalue weighted by Gasteiger charge is -2.12. The summed E-state index contributed by atoms with van der Waals surface area (Å²) in [5.74, 6) is 0.367. The van der Waals surface area contributed by atoms with Crippen LogP contribution in [0.25, 0.3) is 6.08 Å². The van der Waals surface area contributed by atoms with Crippen molar-refractivity contribution in [1.82, 2.24) is 15.5 Å². The molecule has 0 saturated heterocycles. The molecule has 144 valence electrons. The van der Waals surface area contributed by atoms with E-state index in [1.54, 1.807) is 43.5 Å². The Morgan fingerprint density at radius 3 is 2.52 bits per heavy atom. The Morgan fingerprint density at radius 1 is 1.19 bits per heavy atom. The lowest BCUT2D eigenvalue weighted by molar-refractivity contribution is -0.117. The molecule has 0 fully saturated rings. The largest absolute Gasteiger partial charge is 0.497 e. The molecule has 0 radical (unpaired) electrons. The highest BCUT2D eigenvalue weighted by atomic mass is 16.5. The average Bonchev–Trinajstić information content (AvgIpc) is 3.17. The summed E-state index contributed by atoms with van der Waals surface area (Å²) in [5, 5.41) is 5.47. The molecule has 0 aliphatic heterocycles. The van der Waals surface area contributed by atoms with Crippen LogP contribution in [-0.2, 0) is 4.79 Å². The maximum atomic E-state index is 12.5. The molecule has 1 aromatic heterocycles. The monoisotopic (exact) mass is 371 g/mol. The van der Waals surface area contributed by atoms with Crippen LogP contribution in [-0.4, -0.2) is 51.0 Å². The van der Waals surface area contributed by atoms with E-state index in [1.165, 1.54) is 12.3 Å². The van der Waals surface area contributed by atoms with Gasteiger partial charge in [0.25, 0.3) is 11.8 Å². The summed E-state index contributed by atoms with van der Waals surface area (Å²) in [4.78, 5) is 27.0. The Labute approximate surface area is 159 Å². The minimum absolute atomic E-state index is 0.121. The molecule has 2 rings (SSSR count). The Kier molecular flexibility index (Phi) is 7.63. The maximum absolute atomic E-state index is 12.5. The van der Waals surface area contributed by atoms with Crippen LogP contribution in [0.3, 0.4) is 0 Å². The summed E-state index contributed by atoms with van der Waals surface area (Å²) < 4.78 is 10.3. The number of nitrogens with zero attached hydrogens (tertiary/aromatic N) is 1. The van der Waals surface area contributed by atoms with Crippen LogP contribution in [0.1, 0.15) is 22.5 Å². The highest BCUT2D eigenvalue weighted by molar-refractivity contribution is 6.05. The van der Waals surface area contributed by atoms with E-state index < -0.39 is 0 Å². The minimum Gasteiger partial charge on any atom is -0.497 e. The molecule has 0 unspecified atom stereocenters. The van der Waals surface area contributed by atoms with Gasteiger partial charge in [-0.1, -0.05) is 0 Å². The molecule has 0 spiro atoms. The number of amides is 2.